The zero-order valence-corrected chi connectivity index (χ0v) is 18.0. The minimum absolute atomic E-state index is 0.0439. The fourth-order valence-electron chi connectivity index (χ4n) is 3.80. The minimum Gasteiger partial charge on any atom is -0.478 e. The fraction of sp³-hybridized carbons (Fsp3) is 0.500. The van der Waals surface area contributed by atoms with Crippen molar-refractivity contribution >= 4 is 37.4 Å². The molecule has 0 aliphatic carbocycles. The van der Waals surface area contributed by atoms with E-state index in [0.717, 1.165) is 21.2 Å². The van der Waals surface area contributed by atoms with Crippen molar-refractivity contribution in [3.05, 3.63) is 39.6 Å². The van der Waals surface area contributed by atoms with Gasteiger partial charge in [0.05, 0.1) is 11.3 Å². The molecule has 1 N–H and O–H groups in total. The van der Waals surface area contributed by atoms with Gasteiger partial charge in [-0.2, -0.15) is 4.31 Å². The molecule has 0 amide bonds. The SMILES string of the molecule is CCS(=O)(=O)N1CCN(C(C)c2c(C)c(C(=O)O)cc3cc(Br)cn23)CC1. The van der Waals surface area contributed by atoms with Crippen molar-refractivity contribution in [2.24, 2.45) is 0 Å². The summed E-state index contributed by atoms with van der Waals surface area (Å²) in [4.78, 5) is 13.9. The van der Waals surface area contributed by atoms with E-state index in [2.05, 4.69) is 20.8 Å². The first-order chi connectivity index (χ1) is 12.7. The second-order valence-corrected chi connectivity index (χ2v) is 10.0. The van der Waals surface area contributed by atoms with Gasteiger partial charge in [0.1, 0.15) is 0 Å². The summed E-state index contributed by atoms with van der Waals surface area (Å²) in [6.45, 7) is 7.67. The lowest BCUT2D eigenvalue weighted by Crippen LogP contribution is -2.49. The van der Waals surface area contributed by atoms with Crippen LogP contribution in [-0.4, -0.2) is 65.0 Å². The molecule has 3 rings (SSSR count). The standard InChI is InChI=1S/C18H24BrN3O4S/c1-4-27(25,26)21-7-5-20(6-8-21)13(3)17-12(2)16(18(23)24)10-15-9-14(19)11-22(15)17/h9-11,13H,4-8H2,1-3H3,(H,23,24). The minimum atomic E-state index is -3.17. The molecule has 0 spiro atoms. The topological polar surface area (TPSA) is 82.3 Å². The number of aromatic carboxylic acids is 1. The predicted octanol–water partition coefficient (Wildman–Crippen LogP) is 2.74. The third-order valence-electron chi connectivity index (χ3n) is 5.36. The fourth-order valence-corrected chi connectivity index (χ4v) is 5.33. The number of fused-ring (bicyclic) bond motifs is 1. The number of hydrogen-bond acceptors (Lipinski definition) is 4. The van der Waals surface area contributed by atoms with Crippen LogP contribution in [0.4, 0.5) is 0 Å². The van der Waals surface area contributed by atoms with Crippen LogP contribution >= 0.6 is 15.9 Å². The molecule has 1 aliphatic heterocycles. The maximum Gasteiger partial charge on any atom is 0.336 e. The number of pyridine rings is 1. The van der Waals surface area contributed by atoms with Crippen LogP contribution in [0, 0.1) is 6.92 Å². The van der Waals surface area contributed by atoms with Crippen molar-refractivity contribution in [1.82, 2.24) is 13.6 Å². The monoisotopic (exact) mass is 457 g/mol. The molecule has 1 aliphatic rings. The zero-order chi connectivity index (χ0) is 19.9. The van der Waals surface area contributed by atoms with Crippen molar-refractivity contribution in [3.63, 3.8) is 0 Å². The largest absolute Gasteiger partial charge is 0.478 e. The van der Waals surface area contributed by atoms with Crippen LogP contribution in [0.1, 0.15) is 41.5 Å². The summed E-state index contributed by atoms with van der Waals surface area (Å²) in [7, 11) is -3.17. The highest BCUT2D eigenvalue weighted by Gasteiger charge is 2.30. The second-order valence-electron chi connectivity index (χ2n) is 6.84. The molecule has 1 saturated heterocycles. The van der Waals surface area contributed by atoms with Gasteiger partial charge < -0.3 is 9.51 Å². The van der Waals surface area contributed by atoms with Gasteiger partial charge in [0.25, 0.3) is 0 Å². The lowest BCUT2D eigenvalue weighted by Gasteiger charge is -2.38. The Morgan fingerprint density at radius 3 is 2.44 bits per heavy atom. The van der Waals surface area contributed by atoms with Crippen molar-refractivity contribution in [2.45, 2.75) is 26.8 Å². The number of hydrogen-bond donors (Lipinski definition) is 1. The molecular formula is C18H24BrN3O4S. The van der Waals surface area contributed by atoms with E-state index < -0.39 is 16.0 Å². The molecule has 1 atom stereocenters. The Kier molecular flexibility index (Phi) is 5.67. The van der Waals surface area contributed by atoms with Gasteiger partial charge >= 0.3 is 5.97 Å². The molecule has 0 bridgehead atoms. The molecule has 9 heteroatoms. The highest BCUT2D eigenvalue weighted by Crippen LogP contribution is 2.31. The average molecular weight is 458 g/mol. The number of carbonyl (C=O) groups is 1. The molecule has 2 aromatic rings. The Labute approximate surface area is 167 Å². The summed E-state index contributed by atoms with van der Waals surface area (Å²) in [5.74, 6) is -0.833. The summed E-state index contributed by atoms with van der Waals surface area (Å²) in [6.07, 6.45) is 1.94. The average Bonchev–Trinajstić information content (AvgIpc) is 3.00. The van der Waals surface area contributed by atoms with E-state index in [0.29, 0.717) is 31.7 Å². The molecule has 0 saturated carbocycles. The van der Waals surface area contributed by atoms with Crippen LogP contribution in [0.15, 0.2) is 22.8 Å². The van der Waals surface area contributed by atoms with Crippen LogP contribution in [0.3, 0.4) is 0 Å². The van der Waals surface area contributed by atoms with Crippen molar-refractivity contribution in [3.8, 4) is 0 Å². The first kappa shape index (κ1) is 20.3. The van der Waals surface area contributed by atoms with Crippen LogP contribution in [0.5, 0.6) is 0 Å². The Bertz CT molecular complexity index is 978. The lowest BCUT2D eigenvalue weighted by atomic mass is 10.0. The van der Waals surface area contributed by atoms with Crippen LogP contribution in [-0.2, 0) is 10.0 Å². The van der Waals surface area contributed by atoms with Crippen molar-refractivity contribution in [2.75, 3.05) is 31.9 Å². The Morgan fingerprint density at radius 1 is 1.26 bits per heavy atom. The summed E-state index contributed by atoms with van der Waals surface area (Å²) in [6, 6.07) is 3.54. The van der Waals surface area contributed by atoms with E-state index in [1.807, 2.05) is 30.5 Å². The Balaban J connectivity index is 1.95. The van der Waals surface area contributed by atoms with E-state index in [-0.39, 0.29) is 11.8 Å². The van der Waals surface area contributed by atoms with Crippen molar-refractivity contribution in [1.29, 1.82) is 0 Å². The molecule has 1 unspecified atom stereocenters. The lowest BCUT2D eigenvalue weighted by molar-refractivity contribution is 0.0695. The van der Waals surface area contributed by atoms with Crippen molar-refractivity contribution < 1.29 is 18.3 Å². The highest BCUT2D eigenvalue weighted by atomic mass is 79.9. The number of aromatic nitrogens is 1. The summed E-state index contributed by atoms with van der Waals surface area (Å²) >= 11 is 3.47. The van der Waals surface area contributed by atoms with Crippen LogP contribution in [0.25, 0.3) is 5.52 Å². The number of piperazine rings is 1. The summed E-state index contributed by atoms with van der Waals surface area (Å²) < 4.78 is 28.6. The number of sulfonamides is 1. The first-order valence-electron chi connectivity index (χ1n) is 8.92. The second kappa shape index (κ2) is 7.54. The number of carboxylic acid groups (broad SMARTS) is 1. The van der Waals surface area contributed by atoms with Crippen LogP contribution < -0.4 is 0 Å². The third kappa shape index (κ3) is 3.78. The molecule has 2 aromatic heterocycles. The molecule has 0 radical (unpaired) electrons. The smallest absolute Gasteiger partial charge is 0.336 e. The molecule has 7 nitrogen and oxygen atoms in total. The van der Waals surface area contributed by atoms with Gasteiger partial charge in [-0.05, 0) is 54.4 Å². The molecule has 3 heterocycles. The first-order valence-corrected chi connectivity index (χ1v) is 11.3. The number of carboxylic acids is 1. The van der Waals surface area contributed by atoms with Gasteiger partial charge in [0, 0.05) is 54.1 Å². The van der Waals surface area contributed by atoms with Gasteiger partial charge in [0.2, 0.25) is 10.0 Å². The Hall–Kier alpha value is -1.42. The van der Waals surface area contributed by atoms with E-state index in [1.54, 1.807) is 17.3 Å². The molecule has 0 aromatic carbocycles. The predicted molar refractivity (Wildman–Crippen MR) is 108 cm³/mol. The van der Waals surface area contributed by atoms with E-state index in [9.17, 15) is 18.3 Å². The Morgan fingerprint density at radius 2 is 1.89 bits per heavy atom. The summed E-state index contributed by atoms with van der Waals surface area (Å²) in [5.41, 5.74) is 2.76. The molecule has 27 heavy (non-hydrogen) atoms. The maximum atomic E-state index is 12.1. The third-order valence-corrected chi connectivity index (χ3v) is 7.68. The quantitative estimate of drug-likeness (QED) is 0.745. The van der Waals surface area contributed by atoms with E-state index >= 15 is 0 Å². The number of nitrogens with zero attached hydrogens (tertiary/aromatic N) is 3. The van der Waals surface area contributed by atoms with Gasteiger partial charge in [-0.25, -0.2) is 13.2 Å². The summed E-state index contributed by atoms with van der Waals surface area (Å²) in [5, 5.41) is 9.59. The zero-order valence-electron chi connectivity index (χ0n) is 15.6. The van der Waals surface area contributed by atoms with E-state index in [1.165, 1.54) is 0 Å². The molecular weight excluding hydrogens is 434 g/mol. The van der Waals surface area contributed by atoms with Gasteiger partial charge in [0.15, 0.2) is 0 Å². The van der Waals surface area contributed by atoms with E-state index in [4.69, 9.17) is 0 Å². The number of halogens is 1. The molecule has 1 fully saturated rings. The van der Waals surface area contributed by atoms with Crippen LogP contribution in [0.2, 0.25) is 0 Å². The maximum absolute atomic E-state index is 12.1. The van der Waals surface area contributed by atoms with Gasteiger partial charge in [-0.3, -0.25) is 4.90 Å². The number of rotatable bonds is 5. The van der Waals surface area contributed by atoms with Gasteiger partial charge in [-0.15, -0.1) is 0 Å². The normalized spacial score (nSPS) is 18.1. The van der Waals surface area contributed by atoms with Gasteiger partial charge in [-0.1, -0.05) is 0 Å². The highest BCUT2D eigenvalue weighted by molar-refractivity contribution is 9.10. The molecule has 148 valence electrons.